The molecule has 1 aromatic carbocycles. The van der Waals surface area contributed by atoms with Crippen LogP contribution in [0.1, 0.15) is 69.9 Å². The summed E-state index contributed by atoms with van der Waals surface area (Å²) >= 11 is 0. The lowest BCUT2D eigenvalue weighted by Crippen LogP contribution is -2.16. The molecule has 1 aliphatic rings. The van der Waals surface area contributed by atoms with Crippen molar-refractivity contribution in [2.45, 2.75) is 58.8 Å². The Bertz CT molecular complexity index is 512. The second kappa shape index (κ2) is 6.93. The van der Waals surface area contributed by atoms with Gasteiger partial charge in [0.1, 0.15) is 0 Å². The molecule has 0 aliphatic carbocycles. The van der Waals surface area contributed by atoms with Gasteiger partial charge in [-0.15, -0.1) is 0 Å². The number of hydrogen-bond acceptors (Lipinski definition) is 2. The molecule has 114 valence electrons. The molecule has 0 radical (unpaired) electrons. The van der Waals surface area contributed by atoms with Gasteiger partial charge in [-0.3, -0.25) is 4.99 Å². The maximum absolute atomic E-state index is 4.63. The minimum Gasteiger partial charge on any atom is -0.354 e. The first-order valence-electron chi connectivity index (χ1n) is 8.13. The number of allylic oxidation sites excluding steroid dienone is 1. The zero-order chi connectivity index (χ0) is 15.4. The molecule has 2 nitrogen and oxygen atoms in total. The fourth-order valence-electron chi connectivity index (χ4n) is 2.86. The Morgan fingerprint density at radius 1 is 1.10 bits per heavy atom. The van der Waals surface area contributed by atoms with Crippen molar-refractivity contribution < 1.29 is 0 Å². The molecule has 1 heterocycles. The van der Waals surface area contributed by atoms with Gasteiger partial charge in [-0.25, -0.2) is 0 Å². The van der Waals surface area contributed by atoms with E-state index in [4.69, 9.17) is 0 Å². The fraction of sp³-hybridized carbons (Fsp3) is 0.526. The zero-order valence-electron chi connectivity index (χ0n) is 13.9. The highest BCUT2D eigenvalue weighted by molar-refractivity contribution is 6.02. The Labute approximate surface area is 129 Å². The zero-order valence-corrected chi connectivity index (χ0v) is 13.9. The lowest BCUT2D eigenvalue weighted by molar-refractivity contribution is 0.738. The molecule has 0 fully saturated rings. The summed E-state index contributed by atoms with van der Waals surface area (Å²) in [6, 6.07) is 6.60. The first kappa shape index (κ1) is 15.8. The third-order valence-electron chi connectivity index (χ3n) is 4.12. The summed E-state index contributed by atoms with van der Waals surface area (Å²) in [5, 5.41) is 3.59. The van der Waals surface area contributed by atoms with E-state index in [2.05, 4.69) is 62.8 Å². The number of nitrogens with one attached hydrogen (secondary N) is 1. The summed E-state index contributed by atoms with van der Waals surface area (Å²) in [7, 11) is 0. The van der Waals surface area contributed by atoms with Crippen LogP contribution in [0.5, 0.6) is 0 Å². The molecule has 0 spiro atoms. The van der Waals surface area contributed by atoms with Crippen LogP contribution in [-0.2, 0) is 0 Å². The van der Waals surface area contributed by atoms with Crippen molar-refractivity contribution in [2.75, 3.05) is 11.9 Å². The van der Waals surface area contributed by atoms with Crippen LogP contribution >= 0.6 is 0 Å². The predicted molar refractivity (Wildman–Crippen MR) is 93.5 cm³/mol. The van der Waals surface area contributed by atoms with Crippen LogP contribution in [0.15, 0.2) is 35.5 Å². The molecule has 0 saturated carbocycles. The second-order valence-electron chi connectivity index (χ2n) is 6.51. The first-order chi connectivity index (χ1) is 10.0. The van der Waals surface area contributed by atoms with E-state index in [1.807, 2.05) is 0 Å². The maximum atomic E-state index is 4.63. The topological polar surface area (TPSA) is 24.4 Å². The molecule has 0 bridgehead atoms. The molecule has 2 rings (SSSR count). The van der Waals surface area contributed by atoms with Gasteiger partial charge in [-0.2, -0.15) is 0 Å². The van der Waals surface area contributed by atoms with Crippen LogP contribution < -0.4 is 5.32 Å². The van der Waals surface area contributed by atoms with E-state index in [-0.39, 0.29) is 0 Å². The normalized spacial score (nSPS) is 15.2. The average molecular weight is 284 g/mol. The molecule has 0 unspecified atom stereocenters. The number of anilines is 1. The lowest BCUT2D eigenvalue weighted by Gasteiger charge is -2.23. The third-order valence-corrected chi connectivity index (χ3v) is 4.12. The van der Waals surface area contributed by atoms with Crippen molar-refractivity contribution in [3.63, 3.8) is 0 Å². The van der Waals surface area contributed by atoms with E-state index >= 15 is 0 Å². The highest BCUT2D eigenvalue weighted by atomic mass is 14.9. The quantitative estimate of drug-likeness (QED) is 0.760. The van der Waals surface area contributed by atoms with Crippen LogP contribution in [-0.4, -0.2) is 12.3 Å². The molecule has 0 saturated heterocycles. The van der Waals surface area contributed by atoms with E-state index in [1.54, 1.807) is 0 Å². The summed E-state index contributed by atoms with van der Waals surface area (Å²) < 4.78 is 0. The van der Waals surface area contributed by atoms with Crippen LogP contribution in [0, 0.1) is 0 Å². The van der Waals surface area contributed by atoms with Crippen LogP contribution in [0.25, 0.3) is 0 Å². The summed E-state index contributed by atoms with van der Waals surface area (Å²) in [5.74, 6) is 0.986. The molecule has 2 heteroatoms. The number of para-hydroxylation sites is 1. The summed E-state index contributed by atoms with van der Waals surface area (Å²) in [5.41, 5.74) is 6.08. The Morgan fingerprint density at radius 3 is 2.19 bits per heavy atom. The van der Waals surface area contributed by atoms with Crippen LogP contribution in [0.4, 0.5) is 5.69 Å². The largest absolute Gasteiger partial charge is 0.354 e. The molecular weight excluding hydrogens is 256 g/mol. The van der Waals surface area contributed by atoms with Crippen LogP contribution in [0.3, 0.4) is 0 Å². The second-order valence-corrected chi connectivity index (χ2v) is 6.51. The SMILES string of the molecule is C=C(Nc1c(C(C)C)cccc1C(C)C)C1=NCCCC1. The minimum atomic E-state index is 0.493. The standard InChI is InChI=1S/C19H28N2/c1-13(2)16-9-8-10-17(14(3)4)19(16)21-15(5)18-11-6-7-12-20-18/h8-10,13-14,21H,5-7,11-12H2,1-4H3. The van der Waals surface area contributed by atoms with Gasteiger partial charge in [0.15, 0.2) is 0 Å². The summed E-state index contributed by atoms with van der Waals surface area (Å²) in [6.45, 7) is 14.1. The van der Waals surface area contributed by atoms with Gasteiger partial charge in [0.2, 0.25) is 0 Å². The smallest absolute Gasteiger partial charge is 0.0576 e. The number of rotatable bonds is 5. The van der Waals surface area contributed by atoms with Crippen molar-refractivity contribution in [3.8, 4) is 0 Å². The maximum Gasteiger partial charge on any atom is 0.0576 e. The van der Waals surface area contributed by atoms with Crippen molar-refractivity contribution in [2.24, 2.45) is 4.99 Å². The Balaban J connectivity index is 2.33. The molecule has 0 aromatic heterocycles. The lowest BCUT2D eigenvalue weighted by atomic mass is 9.92. The van der Waals surface area contributed by atoms with Gasteiger partial charge in [0.05, 0.1) is 11.4 Å². The monoisotopic (exact) mass is 284 g/mol. The summed E-state index contributed by atoms with van der Waals surface area (Å²) in [6.07, 6.45) is 3.48. The predicted octanol–water partition coefficient (Wildman–Crippen LogP) is 5.48. The number of nitrogens with zero attached hydrogens (tertiary/aromatic N) is 1. The number of benzene rings is 1. The highest BCUT2D eigenvalue weighted by Crippen LogP contribution is 2.33. The van der Waals surface area contributed by atoms with Crippen molar-refractivity contribution in [1.82, 2.24) is 0 Å². The summed E-state index contributed by atoms with van der Waals surface area (Å²) in [4.78, 5) is 4.63. The van der Waals surface area contributed by atoms with Gasteiger partial charge in [-0.1, -0.05) is 52.5 Å². The number of hydrogen-bond donors (Lipinski definition) is 1. The Morgan fingerprint density at radius 2 is 1.71 bits per heavy atom. The van der Waals surface area contributed by atoms with Gasteiger partial charge in [-0.05, 0) is 42.2 Å². The minimum absolute atomic E-state index is 0.493. The molecule has 1 aliphatic heterocycles. The molecule has 1 N–H and O–H groups in total. The van der Waals surface area contributed by atoms with Crippen LogP contribution in [0.2, 0.25) is 0 Å². The average Bonchev–Trinajstić information content (AvgIpc) is 2.47. The molecule has 0 amide bonds. The van der Waals surface area contributed by atoms with Crippen molar-refractivity contribution >= 4 is 11.4 Å². The van der Waals surface area contributed by atoms with E-state index in [0.29, 0.717) is 11.8 Å². The molecule has 0 atom stereocenters. The van der Waals surface area contributed by atoms with E-state index in [0.717, 1.165) is 24.4 Å². The van der Waals surface area contributed by atoms with Crippen molar-refractivity contribution in [3.05, 3.63) is 41.6 Å². The highest BCUT2D eigenvalue weighted by Gasteiger charge is 2.16. The Kier molecular flexibility index (Phi) is 5.22. The third kappa shape index (κ3) is 3.75. The fourth-order valence-corrected chi connectivity index (χ4v) is 2.86. The molecular formula is C19H28N2. The van der Waals surface area contributed by atoms with Crippen molar-refractivity contribution in [1.29, 1.82) is 0 Å². The van der Waals surface area contributed by atoms with Gasteiger partial charge < -0.3 is 5.32 Å². The number of aliphatic imine (C=N–C) groups is 1. The van der Waals surface area contributed by atoms with Gasteiger partial charge >= 0.3 is 0 Å². The van der Waals surface area contributed by atoms with E-state index in [1.165, 1.54) is 29.7 Å². The van der Waals surface area contributed by atoms with E-state index < -0.39 is 0 Å². The molecule has 1 aromatic rings. The van der Waals surface area contributed by atoms with Gasteiger partial charge in [0, 0.05) is 12.2 Å². The van der Waals surface area contributed by atoms with E-state index in [9.17, 15) is 0 Å². The molecule has 21 heavy (non-hydrogen) atoms. The first-order valence-corrected chi connectivity index (χ1v) is 8.13. The van der Waals surface area contributed by atoms with Gasteiger partial charge in [0.25, 0.3) is 0 Å². The Hall–Kier alpha value is -1.57.